The molecule has 0 amide bonds. The third-order valence-corrected chi connectivity index (χ3v) is 2.73. The van der Waals surface area contributed by atoms with Crippen LogP contribution in [0.3, 0.4) is 0 Å². The highest BCUT2D eigenvalue weighted by molar-refractivity contribution is 7.71. The predicted octanol–water partition coefficient (Wildman–Crippen LogP) is 3.84. The SMILES string of the molecule is CCc1c(C)[nH]c(C(Cl)(Cl)Cl)nc1=S. The normalized spacial score (nSPS) is 11.8. The monoisotopic (exact) mass is 270 g/mol. The third-order valence-electron chi connectivity index (χ3n) is 1.85. The van der Waals surface area contributed by atoms with E-state index in [9.17, 15) is 0 Å². The highest BCUT2D eigenvalue weighted by atomic mass is 35.6. The quantitative estimate of drug-likeness (QED) is 0.621. The Morgan fingerprint density at radius 2 is 2.00 bits per heavy atom. The van der Waals surface area contributed by atoms with Gasteiger partial charge in [0.15, 0.2) is 5.82 Å². The van der Waals surface area contributed by atoms with E-state index >= 15 is 0 Å². The molecule has 0 aliphatic carbocycles. The Balaban J connectivity index is 3.36. The third kappa shape index (κ3) is 2.60. The second-order valence-electron chi connectivity index (χ2n) is 2.85. The first-order chi connectivity index (χ1) is 6.36. The molecule has 0 saturated heterocycles. The topological polar surface area (TPSA) is 28.7 Å². The highest BCUT2D eigenvalue weighted by Gasteiger charge is 2.26. The predicted molar refractivity (Wildman–Crippen MR) is 62.8 cm³/mol. The van der Waals surface area contributed by atoms with E-state index in [4.69, 9.17) is 47.0 Å². The van der Waals surface area contributed by atoms with Crippen LogP contribution >= 0.6 is 47.0 Å². The minimum atomic E-state index is -1.55. The summed E-state index contributed by atoms with van der Waals surface area (Å²) in [6.45, 7) is 3.89. The van der Waals surface area contributed by atoms with Crippen molar-refractivity contribution >= 4 is 47.0 Å². The minimum absolute atomic E-state index is 0.266. The molecule has 0 aromatic carbocycles. The van der Waals surface area contributed by atoms with Gasteiger partial charge in [-0.3, -0.25) is 0 Å². The molecule has 0 unspecified atom stereocenters. The first-order valence-corrected chi connectivity index (χ1v) is 5.57. The van der Waals surface area contributed by atoms with E-state index in [0.29, 0.717) is 4.64 Å². The number of rotatable bonds is 1. The van der Waals surface area contributed by atoms with Crippen molar-refractivity contribution in [3.05, 3.63) is 21.7 Å². The molecule has 1 aromatic heterocycles. The number of aryl methyl sites for hydroxylation is 1. The molecule has 0 saturated carbocycles. The largest absolute Gasteiger partial charge is 0.344 e. The second kappa shape index (κ2) is 4.35. The summed E-state index contributed by atoms with van der Waals surface area (Å²) in [5, 5.41) is 0. The van der Waals surface area contributed by atoms with Gasteiger partial charge in [0.05, 0.1) is 0 Å². The van der Waals surface area contributed by atoms with Crippen LogP contribution in [-0.4, -0.2) is 9.97 Å². The Labute approximate surface area is 103 Å². The van der Waals surface area contributed by atoms with Crippen molar-refractivity contribution in [2.24, 2.45) is 0 Å². The van der Waals surface area contributed by atoms with Crippen LogP contribution in [0.2, 0.25) is 0 Å². The van der Waals surface area contributed by atoms with Crippen molar-refractivity contribution in [3.8, 4) is 0 Å². The fraction of sp³-hybridized carbons (Fsp3) is 0.500. The maximum atomic E-state index is 5.69. The van der Waals surface area contributed by atoms with E-state index in [2.05, 4.69) is 9.97 Å². The van der Waals surface area contributed by atoms with E-state index in [1.807, 2.05) is 13.8 Å². The summed E-state index contributed by atoms with van der Waals surface area (Å²) in [6, 6.07) is 0. The van der Waals surface area contributed by atoms with Gasteiger partial charge in [-0.05, 0) is 13.3 Å². The van der Waals surface area contributed by atoms with Crippen LogP contribution in [-0.2, 0) is 10.2 Å². The van der Waals surface area contributed by atoms with E-state index in [0.717, 1.165) is 17.7 Å². The Morgan fingerprint density at radius 1 is 1.43 bits per heavy atom. The zero-order valence-corrected chi connectivity index (χ0v) is 10.8. The van der Waals surface area contributed by atoms with E-state index in [1.54, 1.807) is 0 Å². The lowest BCUT2D eigenvalue weighted by molar-refractivity contribution is 0.893. The Morgan fingerprint density at radius 3 is 2.36 bits per heavy atom. The molecular formula is C8H9Cl3N2S. The van der Waals surface area contributed by atoms with Crippen molar-refractivity contribution in [1.29, 1.82) is 0 Å². The van der Waals surface area contributed by atoms with Crippen molar-refractivity contribution in [3.63, 3.8) is 0 Å². The summed E-state index contributed by atoms with van der Waals surface area (Å²) in [5.74, 6) is 0.266. The van der Waals surface area contributed by atoms with Crippen LogP contribution in [0.15, 0.2) is 0 Å². The van der Waals surface area contributed by atoms with Gasteiger partial charge in [0, 0.05) is 11.3 Å². The van der Waals surface area contributed by atoms with Crippen molar-refractivity contribution in [1.82, 2.24) is 9.97 Å². The fourth-order valence-electron chi connectivity index (χ4n) is 1.16. The molecule has 0 radical (unpaired) electrons. The van der Waals surface area contributed by atoms with Gasteiger partial charge in [-0.2, -0.15) is 0 Å². The van der Waals surface area contributed by atoms with E-state index < -0.39 is 3.79 Å². The Hall–Kier alpha value is 0.170. The smallest absolute Gasteiger partial charge is 0.248 e. The number of nitrogens with zero attached hydrogens (tertiary/aromatic N) is 1. The Bertz CT molecular complexity index is 395. The highest BCUT2D eigenvalue weighted by Crippen LogP contribution is 2.35. The maximum Gasteiger partial charge on any atom is 0.248 e. The maximum absolute atomic E-state index is 5.69. The number of aromatic nitrogens is 2. The number of halogens is 3. The lowest BCUT2D eigenvalue weighted by atomic mass is 10.2. The lowest BCUT2D eigenvalue weighted by Gasteiger charge is -2.12. The molecular weight excluding hydrogens is 263 g/mol. The lowest BCUT2D eigenvalue weighted by Crippen LogP contribution is -2.10. The van der Waals surface area contributed by atoms with Crippen LogP contribution in [0.4, 0.5) is 0 Å². The van der Waals surface area contributed by atoms with Gasteiger partial charge < -0.3 is 4.98 Å². The first kappa shape index (κ1) is 12.2. The van der Waals surface area contributed by atoms with Crippen LogP contribution in [0.5, 0.6) is 0 Å². The van der Waals surface area contributed by atoms with E-state index in [1.165, 1.54) is 0 Å². The molecule has 0 aliphatic rings. The van der Waals surface area contributed by atoms with Gasteiger partial charge in [-0.1, -0.05) is 53.9 Å². The van der Waals surface area contributed by atoms with Gasteiger partial charge in [0.25, 0.3) is 0 Å². The summed E-state index contributed by atoms with van der Waals surface area (Å²) in [5.41, 5.74) is 1.88. The zero-order valence-electron chi connectivity index (χ0n) is 7.70. The number of H-pyrrole nitrogens is 1. The molecule has 1 heterocycles. The minimum Gasteiger partial charge on any atom is -0.344 e. The van der Waals surface area contributed by atoms with Crippen LogP contribution in [0.1, 0.15) is 24.0 Å². The van der Waals surface area contributed by atoms with Gasteiger partial charge >= 0.3 is 0 Å². The number of hydrogen-bond acceptors (Lipinski definition) is 2. The molecule has 6 heteroatoms. The first-order valence-electron chi connectivity index (χ1n) is 4.03. The molecule has 1 N–H and O–H groups in total. The zero-order chi connectivity index (χ0) is 10.9. The fourth-order valence-corrected chi connectivity index (χ4v) is 1.82. The summed E-state index contributed by atoms with van der Waals surface area (Å²) >= 11 is 22.2. The van der Waals surface area contributed by atoms with Crippen LogP contribution in [0.25, 0.3) is 0 Å². The molecule has 0 fully saturated rings. The molecule has 1 aromatic rings. The Kier molecular flexibility index (Phi) is 3.81. The molecule has 2 nitrogen and oxygen atoms in total. The van der Waals surface area contributed by atoms with Gasteiger partial charge in [0.1, 0.15) is 4.64 Å². The molecule has 78 valence electrons. The average Bonchev–Trinajstić information content (AvgIpc) is 2.01. The van der Waals surface area contributed by atoms with Gasteiger partial charge in [-0.15, -0.1) is 0 Å². The van der Waals surface area contributed by atoms with Crippen molar-refractivity contribution in [2.45, 2.75) is 24.1 Å². The van der Waals surface area contributed by atoms with Crippen LogP contribution < -0.4 is 0 Å². The molecule has 0 aliphatic heterocycles. The molecule has 0 spiro atoms. The summed E-state index contributed by atoms with van der Waals surface area (Å²) in [4.78, 5) is 6.97. The molecule has 14 heavy (non-hydrogen) atoms. The number of hydrogen-bond donors (Lipinski definition) is 1. The summed E-state index contributed by atoms with van der Waals surface area (Å²) in [6.07, 6.45) is 0.814. The second-order valence-corrected chi connectivity index (χ2v) is 5.51. The average molecular weight is 272 g/mol. The molecule has 0 atom stereocenters. The summed E-state index contributed by atoms with van der Waals surface area (Å²) in [7, 11) is 0. The number of aromatic amines is 1. The molecule has 1 rings (SSSR count). The van der Waals surface area contributed by atoms with Gasteiger partial charge in [-0.25, -0.2) is 4.98 Å². The van der Waals surface area contributed by atoms with E-state index in [-0.39, 0.29) is 5.82 Å². The van der Waals surface area contributed by atoms with Gasteiger partial charge in [0.2, 0.25) is 3.79 Å². The standard InChI is InChI=1S/C8H9Cl3N2S/c1-3-5-4(2)12-7(8(9,10)11)13-6(5)14/h3H2,1-2H3,(H,12,13,14). The van der Waals surface area contributed by atoms with Crippen LogP contribution in [0, 0.1) is 11.6 Å². The van der Waals surface area contributed by atoms with Crippen molar-refractivity contribution in [2.75, 3.05) is 0 Å². The summed E-state index contributed by atoms with van der Waals surface area (Å²) < 4.78 is -1.06. The molecule has 0 bridgehead atoms. The number of alkyl halides is 3. The number of nitrogens with one attached hydrogen (secondary N) is 1. The van der Waals surface area contributed by atoms with Crippen molar-refractivity contribution < 1.29 is 0 Å².